The molecule has 210 valence electrons. The Morgan fingerprint density at radius 3 is 1.69 bits per heavy atom. The lowest BCUT2D eigenvalue weighted by molar-refractivity contribution is 0.669. The first kappa shape index (κ1) is 16.8. The fraction of sp³-hybridized carbons (Fsp3) is 0. The molecule has 0 amide bonds. The van der Waals surface area contributed by atoms with Crippen LogP contribution in [-0.2, 0) is 0 Å². The molecule has 1 heterocycles. The van der Waals surface area contributed by atoms with Gasteiger partial charge in [0.15, 0.2) is 0 Å². The van der Waals surface area contributed by atoms with E-state index in [1.54, 1.807) is 0 Å². The maximum absolute atomic E-state index is 9.97. The van der Waals surface area contributed by atoms with Crippen molar-refractivity contribution in [2.24, 2.45) is 0 Å². The molecule has 0 saturated heterocycles. The summed E-state index contributed by atoms with van der Waals surface area (Å²) in [6.45, 7) is 0. The topological polar surface area (TPSA) is 13.1 Å². The average molecular weight is 584 g/mol. The first-order valence-corrected chi connectivity index (χ1v) is 14.5. The van der Waals surface area contributed by atoms with E-state index in [0.717, 1.165) is 33.0 Å². The molecule has 1 heteroatoms. The molecular formula is C44H28O. The zero-order valence-corrected chi connectivity index (χ0v) is 23.7. The molecule has 0 bridgehead atoms. The van der Waals surface area contributed by atoms with Crippen LogP contribution in [0.15, 0.2) is 174 Å². The highest BCUT2D eigenvalue weighted by atomic mass is 16.3. The maximum atomic E-state index is 9.97. The van der Waals surface area contributed by atoms with Crippen molar-refractivity contribution >= 4 is 43.5 Å². The van der Waals surface area contributed by atoms with Crippen molar-refractivity contribution in [3.8, 4) is 44.5 Å². The number of benzene rings is 8. The second-order valence-electron chi connectivity index (χ2n) is 10.8. The van der Waals surface area contributed by atoms with Gasteiger partial charge in [0.2, 0.25) is 0 Å². The average Bonchev–Trinajstić information content (AvgIpc) is 3.63. The molecule has 0 radical (unpaired) electrons. The Bertz CT molecular complexity index is 3070. The highest BCUT2D eigenvalue weighted by Gasteiger charge is 2.20. The van der Waals surface area contributed by atoms with Gasteiger partial charge in [-0.05, 0) is 90.2 Å². The Morgan fingerprint density at radius 2 is 0.978 bits per heavy atom. The van der Waals surface area contributed by atoms with Crippen molar-refractivity contribution in [1.82, 2.24) is 0 Å². The molecule has 1 nitrogen and oxygen atoms in total. The van der Waals surface area contributed by atoms with Crippen LogP contribution >= 0.6 is 0 Å². The quantitative estimate of drug-likeness (QED) is 0.188. The molecule has 0 aliphatic heterocycles. The van der Waals surface area contributed by atoms with E-state index < -0.39 is 54.4 Å². The zero-order valence-electron chi connectivity index (χ0n) is 34.7. The van der Waals surface area contributed by atoms with Crippen LogP contribution in [0.1, 0.15) is 15.1 Å². The molecule has 8 aromatic carbocycles. The van der Waals surface area contributed by atoms with Gasteiger partial charge in [-0.3, -0.25) is 0 Å². The number of rotatable bonds is 4. The Labute approximate surface area is 277 Å². The minimum absolute atomic E-state index is 0.0469. The summed E-state index contributed by atoms with van der Waals surface area (Å²) >= 11 is 0. The Kier molecular flexibility index (Phi) is 3.87. The third-order valence-corrected chi connectivity index (χ3v) is 8.26. The van der Waals surface area contributed by atoms with Gasteiger partial charge in [0, 0.05) is 10.8 Å². The SMILES string of the molecule is [2H]c1c([2H])c([2H])c(-c2c([2H])c(-c3c4ccccc4c(-c4cccc(-c5ccccc5)c4)c4ccccc34)c([2H])c3oc4c([2H])c([2H])c([2H])c([2H])c4c23)c([2H])c1[2H]. The zero-order chi connectivity index (χ0) is 39.3. The molecule has 0 atom stereocenters. The largest absolute Gasteiger partial charge is 0.456 e. The summed E-state index contributed by atoms with van der Waals surface area (Å²) in [6, 6.07) is 27.7. The lowest BCUT2D eigenvalue weighted by atomic mass is 9.84. The van der Waals surface area contributed by atoms with Crippen LogP contribution in [0.25, 0.3) is 88.0 Å². The molecule has 0 saturated carbocycles. The minimum atomic E-state index is -0.641. The number of hydrogen-bond acceptors (Lipinski definition) is 1. The molecule has 9 aromatic rings. The fourth-order valence-corrected chi connectivity index (χ4v) is 6.36. The van der Waals surface area contributed by atoms with Crippen LogP contribution in [0.5, 0.6) is 0 Å². The van der Waals surface area contributed by atoms with Crippen LogP contribution in [-0.4, -0.2) is 0 Å². The van der Waals surface area contributed by atoms with E-state index in [1.165, 1.54) is 0 Å². The molecule has 9 rings (SSSR count). The van der Waals surface area contributed by atoms with E-state index in [1.807, 2.05) is 91.0 Å². The van der Waals surface area contributed by atoms with E-state index >= 15 is 0 Å². The minimum Gasteiger partial charge on any atom is -0.456 e. The molecule has 0 unspecified atom stereocenters. The summed E-state index contributed by atoms with van der Waals surface area (Å²) in [5.74, 6) is 0. The van der Waals surface area contributed by atoms with Crippen LogP contribution in [0.2, 0.25) is 0 Å². The third kappa shape index (κ3) is 4.17. The first-order valence-electron chi connectivity index (χ1n) is 20.0. The molecule has 0 spiro atoms. The molecular weight excluding hydrogens is 544 g/mol. The van der Waals surface area contributed by atoms with E-state index in [9.17, 15) is 2.74 Å². The monoisotopic (exact) mass is 583 g/mol. The normalized spacial score (nSPS) is 15.0. The summed E-state index contributed by atoms with van der Waals surface area (Å²) in [7, 11) is 0. The second kappa shape index (κ2) is 10.4. The smallest absolute Gasteiger partial charge is 0.136 e. The van der Waals surface area contributed by atoms with Crippen LogP contribution in [0, 0.1) is 0 Å². The van der Waals surface area contributed by atoms with Gasteiger partial charge in [-0.2, -0.15) is 0 Å². The fourth-order valence-electron chi connectivity index (χ4n) is 6.36. The lowest BCUT2D eigenvalue weighted by Gasteiger charge is -2.19. The van der Waals surface area contributed by atoms with Crippen molar-refractivity contribution < 1.29 is 19.5 Å². The predicted octanol–water partition coefficient (Wildman–Crippen LogP) is 12.6. The molecule has 0 aliphatic rings. The number of furan rings is 1. The first-order chi connectivity index (χ1) is 26.9. The van der Waals surface area contributed by atoms with E-state index in [4.69, 9.17) is 16.8 Å². The van der Waals surface area contributed by atoms with Gasteiger partial charge in [-0.1, -0.05) is 145 Å². The summed E-state index contributed by atoms with van der Waals surface area (Å²) in [4.78, 5) is 0. The number of para-hydroxylation sites is 1. The predicted molar refractivity (Wildman–Crippen MR) is 190 cm³/mol. The highest BCUT2D eigenvalue weighted by Crippen LogP contribution is 2.47. The van der Waals surface area contributed by atoms with Gasteiger partial charge in [0.05, 0.1) is 15.1 Å². The van der Waals surface area contributed by atoms with Gasteiger partial charge in [-0.25, -0.2) is 0 Å². The molecule has 45 heavy (non-hydrogen) atoms. The summed E-state index contributed by atoms with van der Waals surface area (Å²) < 4.78 is 104. The molecule has 0 fully saturated rings. The van der Waals surface area contributed by atoms with E-state index in [-0.39, 0.29) is 50.7 Å². The van der Waals surface area contributed by atoms with Gasteiger partial charge in [0.1, 0.15) is 11.2 Å². The lowest BCUT2D eigenvalue weighted by Crippen LogP contribution is -1.92. The van der Waals surface area contributed by atoms with Crippen LogP contribution in [0.3, 0.4) is 0 Å². The third-order valence-electron chi connectivity index (χ3n) is 8.26. The van der Waals surface area contributed by atoms with Crippen molar-refractivity contribution in [2.45, 2.75) is 0 Å². The Morgan fingerprint density at radius 1 is 0.400 bits per heavy atom. The van der Waals surface area contributed by atoms with Crippen molar-refractivity contribution in [3.05, 3.63) is 170 Å². The van der Waals surface area contributed by atoms with Crippen molar-refractivity contribution in [3.63, 3.8) is 0 Å². The standard InChI is InChI=1S/C44H28O/c1-3-14-29(15-4-1)31-18-13-19-32(26-31)42-34-20-7-9-22-36(34)43(37-23-10-8-21-35(37)42)33-27-39(30-16-5-2-6-17-30)44-38-24-11-12-25-40(38)45-41(44)28-33/h1-28H/i2D,5D,6D,11D,12D,16D,17D,24D,25D,27D,28D. The van der Waals surface area contributed by atoms with Crippen molar-refractivity contribution in [2.75, 3.05) is 0 Å². The Hall–Kier alpha value is -5.92. The molecule has 0 aliphatic carbocycles. The molecule has 1 aromatic heterocycles. The van der Waals surface area contributed by atoms with E-state index in [2.05, 4.69) is 12.1 Å². The van der Waals surface area contributed by atoms with Crippen LogP contribution < -0.4 is 0 Å². The van der Waals surface area contributed by atoms with Gasteiger partial charge >= 0.3 is 0 Å². The number of fused-ring (bicyclic) bond motifs is 5. The van der Waals surface area contributed by atoms with Gasteiger partial charge < -0.3 is 4.42 Å². The van der Waals surface area contributed by atoms with Gasteiger partial charge in [0.25, 0.3) is 0 Å². The molecule has 0 N–H and O–H groups in total. The number of hydrogen-bond donors (Lipinski definition) is 0. The van der Waals surface area contributed by atoms with Crippen LogP contribution in [0.4, 0.5) is 0 Å². The second-order valence-corrected chi connectivity index (χ2v) is 10.8. The summed E-state index contributed by atoms with van der Waals surface area (Å²) in [5, 5.41) is 2.75. The Balaban J connectivity index is 1.48. The van der Waals surface area contributed by atoms with E-state index in [0.29, 0.717) is 16.3 Å². The van der Waals surface area contributed by atoms with Crippen molar-refractivity contribution in [1.29, 1.82) is 0 Å². The maximum Gasteiger partial charge on any atom is 0.136 e. The van der Waals surface area contributed by atoms with Gasteiger partial charge in [-0.15, -0.1) is 0 Å². The summed E-state index contributed by atoms with van der Waals surface area (Å²) in [6.07, 6.45) is 0. The summed E-state index contributed by atoms with van der Waals surface area (Å²) in [5.41, 5.74) is 3.46. The highest BCUT2D eigenvalue weighted by molar-refractivity contribution is 6.23.